The molecule has 21 heteroatoms. The maximum absolute atomic E-state index is 15.6. The van der Waals surface area contributed by atoms with Crippen molar-refractivity contribution >= 4 is 52.2 Å². The Hall–Kier alpha value is -6.97. The van der Waals surface area contributed by atoms with Crippen LogP contribution in [-0.2, 0) is 27.1 Å². The second kappa shape index (κ2) is 25.9. The average molecular weight is 1110 g/mol. The van der Waals surface area contributed by atoms with Crippen LogP contribution in [0.4, 0.5) is 28.9 Å². The Labute approximate surface area is 461 Å². The number of thiazole rings is 1. The van der Waals surface area contributed by atoms with Crippen LogP contribution >= 0.6 is 11.3 Å². The Morgan fingerprint density at radius 1 is 0.848 bits per heavy atom. The van der Waals surface area contributed by atoms with E-state index in [4.69, 9.17) is 0 Å². The maximum Gasteiger partial charge on any atom is 0.417 e. The molecular formula is C58H71F4N9O7S. The highest BCUT2D eigenvalue weighted by molar-refractivity contribution is 7.13. The van der Waals surface area contributed by atoms with E-state index in [0.29, 0.717) is 50.4 Å². The number of aryl methyl sites for hydroxylation is 1. The second-order valence-electron chi connectivity index (χ2n) is 21.8. The molecule has 7 rings (SSSR count). The van der Waals surface area contributed by atoms with Crippen molar-refractivity contribution in [2.75, 3.05) is 43.4 Å². The van der Waals surface area contributed by atoms with Gasteiger partial charge < -0.3 is 41.2 Å². The molecule has 16 nitrogen and oxygen atoms in total. The Bertz CT molecular complexity index is 3040. The predicted octanol–water partition coefficient (Wildman–Crippen LogP) is 8.68. The quantitative estimate of drug-likeness (QED) is 0.0323. The zero-order valence-corrected chi connectivity index (χ0v) is 46.5. The first-order chi connectivity index (χ1) is 37.4. The molecule has 6 N–H and O–H groups in total. The third-order valence-corrected chi connectivity index (χ3v) is 15.8. The smallest absolute Gasteiger partial charge is 0.391 e. The highest BCUT2D eigenvalue weighted by Crippen LogP contribution is 2.37. The molecule has 5 aromatic rings. The van der Waals surface area contributed by atoms with Gasteiger partial charge in [0.1, 0.15) is 17.9 Å². The lowest BCUT2D eigenvalue weighted by Crippen LogP contribution is -2.57. The highest BCUT2D eigenvalue weighted by Gasteiger charge is 2.44. The number of amides is 5. The van der Waals surface area contributed by atoms with Crippen LogP contribution in [0, 0.1) is 18.2 Å². The zero-order chi connectivity index (χ0) is 57.3. The summed E-state index contributed by atoms with van der Waals surface area (Å²) in [5.74, 6) is -3.34. The number of halogens is 4. The van der Waals surface area contributed by atoms with E-state index in [1.807, 2.05) is 77.8 Å². The number of β-amino-alcohol motifs (C(OH)–C–C–N with tert-alkyl or cyclic N) is 1. The SMILES string of the molecule is Cc1ncsc1-c1ccc(CNC(=O)[C@@H]2C[C@@H](O)CN2C(=O)C(NC(=O)CCCCCCCCNC(=O)c2ccc(F)c(-c3ccc(N4C[C@@H](C)N(C)[C@@H](C)C4)c(NC(=O)c4c[nH]c(=O)cc4C(F)(F)F)c3)c2)C(C)(C)C)cc1. The lowest BCUT2D eigenvalue weighted by atomic mass is 9.85. The number of nitrogens with zero attached hydrogens (tertiary/aromatic N) is 4. The van der Waals surface area contributed by atoms with Gasteiger partial charge in [0.25, 0.3) is 11.8 Å². The monoisotopic (exact) mass is 1110 g/mol. The third-order valence-electron chi connectivity index (χ3n) is 14.8. The summed E-state index contributed by atoms with van der Waals surface area (Å²) in [6, 6.07) is 15.1. The van der Waals surface area contributed by atoms with E-state index in [1.54, 1.807) is 29.0 Å². The summed E-state index contributed by atoms with van der Waals surface area (Å²) in [5, 5.41) is 21.9. The molecule has 0 aliphatic carbocycles. The average Bonchev–Trinajstić information content (AvgIpc) is 4.08. The lowest BCUT2D eigenvalue weighted by molar-refractivity contribution is -0.144. The fraction of sp³-hybridized carbons (Fsp3) is 0.466. The molecule has 1 unspecified atom stereocenters. The minimum absolute atomic E-state index is 0.0261. The summed E-state index contributed by atoms with van der Waals surface area (Å²) in [7, 11) is 1.99. The number of alkyl halides is 3. The largest absolute Gasteiger partial charge is 0.417 e. The molecule has 0 spiro atoms. The molecule has 3 aromatic carbocycles. The first-order valence-corrected chi connectivity index (χ1v) is 27.6. The minimum atomic E-state index is -5.00. The van der Waals surface area contributed by atoms with Crippen LogP contribution in [0.1, 0.15) is 124 Å². The van der Waals surface area contributed by atoms with Crippen molar-refractivity contribution in [2.24, 2.45) is 5.41 Å². The van der Waals surface area contributed by atoms with Crippen LogP contribution in [0.5, 0.6) is 0 Å². The van der Waals surface area contributed by atoms with Crippen molar-refractivity contribution in [3.63, 3.8) is 0 Å². The molecule has 5 atom stereocenters. The number of likely N-dealkylation sites (N-methyl/N-ethyl adjacent to an activating group) is 1. The normalized spacial score (nSPS) is 18.3. The van der Waals surface area contributed by atoms with Gasteiger partial charge in [0.05, 0.1) is 44.7 Å². The molecule has 0 saturated carbocycles. The van der Waals surface area contributed by atoms with Gasteiger partial charge in [-0.25, -0.2) is 9.37 Å². The Balaban J connectivity index is 0.872. The van der Waals surface area contributed by atoms with Crippen molar-refractivity contribution < 1.29 is 46.6 Å². The number of benzene rings is 3. The van der Waals surface area contributed by atoms with Gasteiger partial charge in [0.15, 0.2) is 0 Å². The van der Waals surface area contributed by atoms with E-state index >= 15 is 4.39 Å². The number of hydrogen-bond acceptors (Lipinski definition) is 11. The maximum atomic E-state index is 15.6. The van der Waals surface area contributed by atoms with Crippen LogP contribution in [0.25, 0.3) is 21.6 Å². The predicted molar refractivity (Wildman–Crippen MR) is 297 cm³/mol. The number of H-pyrrole nitrogens is 1. The molecule has 2 aliphatic heterocycles. The number of carbonyl (C=O) groups is 5. The van der Waals surface area contributed by atoms with Crippen LogP contribution in [0.15, 0.2) is 83.2 Å². The second-order valence-corrected chi connectivity index (χ2v) is 22.7. The molecule has 4 heterocycles. The van der Waals surface area contributed by atoms with E-state index in [2.05, 4.69) is 36.1 Å². The van der Waals surface area contributed by atoms with Crippen molar-refractivity contribution in [1.29, 1.82) is 0 Å². The summed E-state index contributed by atoms with van der Waals surface area (Å²) in [6.45, 7) is 13.1. The van der Waals surface area contributed by atoms with Gasteiger partial charge in [-0.15, -0.1) is 11.3 Å². The summed E-state index contributed by atoms with van der Waals surface area (Å²) < 4.78 is 57.6. The van der Waals surface area contributed by atoms with Crippen LogP contribution in [-0.4, -0.2) is 118 Å². The number of hydrogen-bond donors (Lipinski definition) is 6. The number of carbonyl (C=O) groups excluding carboxylic acids is 5. The number of likely N-dealkylation sites (tertiary alicyclic amines) is 1. The van der Waals surface area contributed by atoms with Gasteiger partial charge >= 0.3 is 6.18 Å². The number of aliphatic hydroxyl groups is 1. The number of aliphatic hydroxyl groups excluding tert-OH is 1. The first kappa shape index (κ1) is 59.7. The zero-order valence-electron chi connectivity index (χ0n) is 45.7. The third kappa shape index (κ3) is 15.2. The molecule has 2 saturated heterocycles. The standard InChI is InChI=1S/C58H71F4N9O7S/c1-34-30-70(31-35(2)69(34)7)47-22-20-39(25-46(47)67-54(76)43-29-64-50(74)27-44(43)58(60,61)62)42-24-40(19-21-45(42)59)53(75)63-23-13-11-9-8-10-12-14-49(73)68-52(57(4,5)6)56(78)71-32-41(72)26-48(71)55(77)65-28-37-15-17-38(18-16-37)51-36(3)66-33-79-51/h15-22,24-25,27,29,33-35,41,48,52,72H,8-14,23,26,28,30-32H2,1-7H3,(H,63,75)(H,64,74)(H,65,77)(H,67,76)(H,68,73)/t34-,35+,41-,48+,52?/m1/s1. The molecular weight excluding hydrogens is 1040 g/mol. The van der Waals surface area contributed by atoms with Gasteiger partial charge in [-0.3, -0.25) is 33.7 Å². The van der Waals surface area contributed by atoms with Gasteiger partial charge in [0.2, 0.25) is 23.3 Å². The van der Waals surface area contributed by atoms with E-state index in [1.165, 1.54) is 23.1 Å². The number of pyridine rings is 1. The molecule has 79 heavy (non-hydrogen) atoms. The molecule has 2 aromatic heterocycles. The van der Waals surface area contributed by atoms with Gasteiger partial charge in [-0.1, -0.05) is 76.8 Å². The minimum Gasteiger partial charge on any atom is -0.391 e. The number of aromatic nitrogens is 2. The number of anilines is 2. The van der Waals surface area contributed by atoms with Crippen LogP contribution in [0.3, 0.4) is 0 Å². The van der Waals surface area contributed by atoms with Gasteiger partial charge in [-0.2, -0.15) is 13.2 Å². The van der Waals surface area contributed by atoms with E-state index in [0.717, 1.165) is 53.4 Å². The van der Waals surface area contributed by atoms with Crippen molar-refractivity contribution in [3.05, 3.63) is 123 Å². The van der Waals surface area contributed by atoms with E-state index < -0.39 is 70.0 Å². The molecule has 424 valence electrons. The molecule has 0 radical (unpaired) electrons. The lowest BCUT2D eigenvalue weighted by Gasteiger charge is -2.44. The number of rotatable bonds is 20. The fourth-order valence-electron chi connectivity index (χ4n) is 10.1. The molecule has 5 amide bonds. The topological polar surface area (TPSA) is 209 Å². The van der Waals surface area contributed by atoms with Crippen LogP contribution in [0.2, 0.25) is 0 Å². The summed E-state index contributed by atoms with van der Waals surface area (Å²) >= 11 is 1.56. The Morgan fingerprint density at radius 2 is 1.52 bits per heavy atom. The summed E-state index contributed by atoms with van der Waals surface area (Å²) in [5.41, 5.74) is 1.79. The van der Waals surface area contributed by atoms with E-state index in [9.17, 15) is 47.0 Å². The Morgan fingerprint density at radius 3 is 2.18 bits per heavy atom. The van der Waals surface area contributed by atoms with Crippen LogP contribution < -0.4 is 31.7 Å². The number of piperazine rings is 1. The first-order valence-electron chi connectivity index (χ1n) is 26.7. The molecule has 2 fully saturated rings. The fourth-order valence-corrected chi connectivity index (χ4v) is 10.9. The number of nitrogens with one attached hydrogen (secondary N) is 5. The van der Waals surface area contributed by atoms with Gasteiger partial charge in [0, 0.05) is 81.0 Å². The Kier molecular flexibility index (Phi) is 19.5. The van der Waals surface area contributed by atoms with Crippen molar-refractivity contribution in [2.45, 2.75) is 136 Å². The number of unbranched alkanes of at least 4 members (excludes halogenated alkanes) is 5. The van der Waals surface area contributed by atoms with Crippen molar-refractivity contribution in [3.8, 4) is 21.6 Å². The summed E-state index contributed by atoms with van der Waals surface area (Å²) in [4.78, 5) is 92.7. The summed E-state index contributed by atoms with van der Waals surface area (Å²) in [6.07, 6.45) is -0.474. The van der Waals surface area contributed by atoms with E-state index in [-0.39, 0.29) is 72.2 Å². The number of aromatic amines is 1. The molecule has 0 bridgehead atoms. The molecule has 2 aliphatic rings. The van der Waals surface area contributed by atoms with Crippen molar-refractivity contribution in [1.82, 2.24) is 35.7 Å². The highest BCUT2D eigenvalue weighted by atomic mass is 32.1. The van der Waals surface area contributed by atoms with Gasteiger partial charge in [-0.05, 0) is 93.1 Å².